The van der Waals surface area contributed by atoms with E-state index < -0.39 is 0 Å². The van der Waals surface area contributed by atoms with E-state index in [0.29, 0.717) is 6.61 Å². The number of para-hydroxylation sites is 2. The first-order valence-corrected chi connectivity index (χ1v) is 6.76. The van der Waals surface area contributed by atoms with Crippen LogP contribution in [-0.2, 0) is 11.3 Å². The minimum absolute atomic E-state index is 0.693. The molecule has 3 nitrogen and oxygen atoms in total. The van der Waals surface area contributed by atoms with E-state index in [1.54, 1.807) is 18.4 Å². The van der Waals surface area contributed by atoms with Crippen molar-refractivity contribution in [2.24, 2.45) is 0 Å². The van der Waals surface area contributed by atoms with E-state index in [-0.39, 0.29) is 0 Å². The summed E-state index contributed by atoms with van der Waals surface area (Å²) in [7, 11) is 1.73. The van der Waals surface area contributed by atoms with Gasteiger partial charge in [0.15, 0.2) is 5.82 Å². The molecule has 0 bridgehead atoms. The van der Waals surface area contributed by atoms with Gasteiger partial charge in [-0.15, -0.1) is 11.3 Å². The third kappa shape index (κ3) is 1.94. The molecule has 0 spiro atoms. The molecule has 0 amide bonds. The maximum absolute atomic E-state index is 5.19. The van der Waals surface area contributed by atoms with Crippen LogP contribution in [-0.4, -0.2) is 23.3 Å². The Balaban J connectivity index is 2.17. The van der Waals surface area contributed by atoms with Gasteiger partial charge in [0.05, 0.1) is 22.5 Å². The smallest absolute Gasteiger partial charge is 0.151 e. The van der Waals surface area contributed by atoms with E-state index >= 15 is 0 Å². The van der Waals surface area contributed by atoms with Crippen molar-refractivity contribution in [2.45, 2.75) is 6.54 Å². The van der Waals surface area contributed by atoms with Crippen molar-refractivity contribution in [1.29, 1.82) is 0 Å². The molecule has 0 fully saturated rings. The number of imidazole rings is 1. The van der Waals surface area contributed by atoms with Crippen LogP contribution in [0.2, 0.25) is 0 Å². The van der Waals surface area contributed by atoms with E-state index in [1.807, 2.05) is 12.1 Å². The Morgan fingerprint density at radius 1 is 1.22 bits per heavy atom. The largest absolute Gasteiger partial charge is 0.383 e. The van der Waals surface area contributed by atoms with Gasteiger partial charge in [0.1, 0.15) is 0 Å². The number of nitrogens with zero attached hydrogens (tertiary/aromatic N) is 2. The lowest BCUT2D eigenvalue weighted by atomic mass is 10.3. The standard InChI is InChI=1S/C14H14N2OS/c1-17-9-8-16-12-6-3-2-5-11(12)15-14(16)13-7-4-10-18-13/h2-7,10H,8-9H2,1H3. The summed E-state index contributed by atoms with van der Waals surface area (Å²) in [5.41, 5.74) is 2.20. The highest BCUT2D eigenvalue weighted by Crippen LogP contribution is 2.27. The summed E-state index contributed by atoms with van der Waals surface area (Å²) in [5, 5.41) is 2.08. The molecule has 0 aliphatic heterocycles. The number of thiophene rings is 1. The first-order chi connectivity index (χ1) is 8.90. The minimum Gasteiger partial charge on any atom is -0.383 e. The number of aromatic nitrogens is 2. The van der Waals surface area contributed by atoms with Crippen LogP contribution in [0.15, 0.2) is 41.8 Å². The molecule has 0 atom stereocenters. The summed E-state index contributed by atoms with van der Waals surface area (Å²) in [6, 6.07) is 12.4. The topological polar surface area (TPSA) is 27.1 Å². The number of hydrogen-bond donors (Lipinski definition) is 0. The fourth-order valence-electron chi connectivity index (χ4n) is 2.08. The highest BCUT2D eigenvalue weighted by molar-refractivity contribution is 7.13. The average Bonchev–Trinajstić information content (AvgIpc) is 3.03. The second kappa shape index (κ2) is 4.92. The molecular weight excluding hydrogens is 244 g/mol. The zero-order valence-electron chi connectivity index (χ0n) is 10.2. The maximum Gasteiger partial charge on any atom is 0.151 e. The van der Waals surface area contributed by atoms with E-state index in [1.165, 1.54) is 4.88 Å². The molecule has 92 valence electrons. The first kappa shape index (κ1) is 11.4. The van der Waals surface area contributed by atoms with Gasteiger partial charge in [0.25, 0.3) is 0 Å². The van der Waals surface area contributed by atoms with Gasteiger partial charge in [-0.25, -0.2) is 4.98 Å². The van der Waals surface area contributed by atoms with Crippen molar-refractivity contribution in [2.75, 3.05) is 13.7 Å². The molecule has 1 aromatic carbocycles. The molecule has 0 aliphatic rings. The Hall–Kier alpha value is -1.65. The van der Waals surface area contributed by atoms with Crippen molar-refractivity contribution in [3.05, 3.63) is 41.8 Å². The van der Waals surface area contributed by atoms with Crippen LogP contribution in [0.5, 0.6) is 0 Å². The molecule has 0 aliphatic carbocycles. The second-order valence-corrected chi connectivity index (χ2v) is 4.99. The molecule has 18 heavy (non-hydrogen) atoms. The Bertz CT molecular complexity index is 643. The molecule has 0 saturated heterocycles. The Kier molecular flexibility index (Phi) is 3.13. The van der Waals surface area contributed by atoms with Crippen LogP contribution >= 0.6 is 11.3 Å². The summed E-state index contributed by atoms with van der Waals surface area (Å²) in [6.07, 6.45) is 0. The van der Waals surface area contributed by atoms with Crippen LogP contribution in [0.3, 0.4) is 0 Å². The van der Waals surface area contributed by atoms with Crippen LogP contribution < -0.4 is 0 Å². The molecule has 0 radical (unpaired) electrons. The highest BCUT2D eigenvalue weighted by Gasteiger charge is 2.12. The monoisotopic (exact) mass is 258 g/mol. The van der Waals surface area contributed by atoms with Gasteiger partial charge >= 0.3 is 0 Å². The first-order valence-electron chi connectivity index (χ1n) is 5.88. The number of benzene rings is 1. The molecular formula is C14H14N2OS. The molecule has 2 heterocycles. The summed E-state index contributed by atoms with van der Waals surface area (Å²) in [5.74, 6) is 1.03. The van der Waals surface area contributed by atoms with Crippen molar-refractivity contribution in [3.63, 3.8) is 0 Å². The van der Waals surface area contributed by atoms with Crippen molar-refractivity contribution in [1.82, 2.24) is 9.55 Å². The zero-order chi connectivity index (χ0) is 12.4. The third-order valence-corrected chi connectivity index (χ3v) is 3.78. The number of fused-ring (bicyclic) bond motifs is 1. The lowest BCUT2D eigenvalue weighted by molar-refractivity contribution is 0.188. The fraction of sp³-hybridized carbons (Fsp3) is 0.214. The minimum atomic E-state index is 0.693. The van der Waals surface area contributed by atoms with Crippen molar-refractivity contribution >= 4 is 22.4 Å². The van der Waals surface area contributed by atoms with Crippen LogP contribution in [0.25, 0.3) is 21.7 Å². The van der Waals surface area contributed by atoms with Crippen LogP contribution in [0.4, 0.5) is 0 Å². The number of ether oxygens (including phenoxy) is 1. The predicted molar refractivity (Wildman–Crippen MR) is 74.9 cm³/mol. The summed E-state index contributed by atoms with van der Waals surface area (Å²) >= 11 is 1.71. The normalized spacial score (nSPS) is 11.2. The molecule has 0 N–H and O–H groups in total. The Labute approximate surface area is 110 Å². The van der Waals surface area contributed by atoms with Gasteiger partial charge in [-0.05, 0) is 23.6 Å². The highest BCUT2D eigenvalue weighted by atomic mass is 32.1. The average molecular weight is 258 g/mol. The fourth-order valence-corrected chi connectivity index (χ4v) is 2.80. The van der Waals surface area contributed by atoms with Crippen molar-refractivity contribution < 1.29 is 4.74 Å². The summed E-state index contributed by atoms with van der Waals surface area (Å²) in [4.78, 5) is 5.92. The predicted octanol–water partition coefficient (Wildman–Crippen LogP) is 3.41. The molecule has 0 saturated carbocycles. The van der Waals surface area contributed by atoms with Gasteiger partial charge in [-0.1, -0.05) is 18.2 Å². The van der Waals surface area contributed by atoms with Gasteiger partial charge in [0, 0.05) is 13.7 Å². The van der Waals surface area contributed by atoms with Crippen LogP contribution in [0.1, 0.15) is 0 Å². The van der Waals surface area contributed by atoms with E-state index in [4.69, 9.17) is 9.72 Å². The summed E-state index contributed by atoms with van der Waals surface area (Å²) < 4.78 is 7.42. The van der Waals surface area contributed by atoms with Gasteiger partial charge in [-0.2, -0.15) is 0 Å². The second-order valence-electron chi connectivity index (χ2n) is 4.05. The number of hydrogen-bond acceptors (Lipinski definition) is 3. The molecule has 3 aromatic rings. The van der Waals surface area contributed by atoms with E-state index in [2.05, 4.69) is 34.2 Å². The Morgan fingerprint density at radius 3 is 2.89 bits per heavy atom. The van der Waals surface area contributed by atoms with Gasteiger partial charge in [0.2, 0.25) is 0 Å². The lowest BCUT2D eigenvalue weighted by Crippen LogP contribution is -2.05. The van der Waals surface area contributed by atoms with Crippen molar-refractivity contribution in [3.8, 4) is 10.7 Å². The number of methoxy groups -OCH3 is 1. The van der Waals surface area contributed by atoms with E-state index in [9.17, 15) is 0 Å². The molecule has 0 unspecified atom stereocenters. The van der Waals surface area contributed by atoms with Gasteiger partial charge < -0.3 is 9.30 Å². The molecule has 4 heteroatoms. The SMILES string of the molecule is COCCn1c(-c2cccs2)nc2ccccc21. The lowest BCUT2D eigenvalue weighted by Gasteiger charge is -2.07. The molecule has 2 aromatic heterocycles. The zero-order valence-corrected chi connectivity index (χ0v) is 11.0. The quantitative estimate of drug-likeness (QED) is 0.717. The Morgan fingerprint density at radius 2 is 2.11 bits per heavy atom. The maximum atomic E-state index is 5.19. The third-order valence-electron chi connectivity index (χ3n) is 2.92. The van der Waals surface area contributed by atoms with E-state index in [0.717, 1.165) is 23.4 Å². The van der Waals surface area contributed by atoms with Gasteiger partial charge in [-0.3, -0.25) is 0 Å². The molecule has 3 rings (SSSR count). The summed E-state index contributed by atoms with van der Waals surface area (Å²) in [6.45, 7) is 1.52. The number of rotatable bonds is 4. The van der Waals surface area contributed by atoms with Crippen LogP contribution in [0, 0.1) is 0 Å².